The Hall–Kier alpha value is -1.99. The zero-order valence-corrected chi connectivity index (χ0v) is 14.9. The maximum Gasteiger partial charge on any atom is 0.244 e. The van der Waals surface area contributed by atoms with Crippen LogP contribution in [0.5, 0.6) is 0 Å². The van der Waals surface area contributed by atoms with E-state index in [0.29, 0.717) is 6.54 Å². The lowest BCUT2D eigenvalue weighted by Crippen LogP contribution is -2.40. The Kier molecular flexibility index (Phi) is 5.11. The molecule has 7 heteroatoms. The quantitative estimate of drug-likeness (QED) is 0.919. The Balaban J connectivity index is 1.64. The van der Waals surface area contributed by atoms with Crippen LogP contribution >= 0.6 is 11.5 Å². The van der Waals surface area contributed by atoms with Crippen LogP contribution in [-0.4, -0.2) is 46.3 Å². The fraction of sp³-hybridized carbons (Fsp3) is 0.471. The van der Waals surface area contributed by atoms with Crippen molar-refractivity contribution in [2.24, 2.45) is 5.73 Å². The fourth-order valence-corrected chi connectivity index (χ4v) is 3.58. The fourth-order valence-electron chi connectivity index (χ4n) is 2.86. The third kappa shape index (κ3) is 3.73. The number of aryl methyl sites for hydroxylation is 2. The number of nitrogens with zero attached hydrogens (tertiary/aromatic N) is 4. The van der Waals surface area contributed by atoms with Crippen molar-refractivity contribution in [3.63, 3.8) is 0 Å². The summed E-state index contributed by atoms with van der Waals surface area (Å²) in [6, 6.07) is 7.26. The maximum absolute atomic E-state index is 12.7. The van der Waals surface area contributed by atoms with Crippen molar-refractivity contribution >= 4 is 22.6 Å². The molecule has 3 rings (SSSR count). The smallest absolute Gasteiger partial charge is 0.244 e. The molecule has 1 aliphatic rings. The van der Waals surface area contributed by atoms with Crippen molar-refractivity contribution in [1.82, 2.24) is 14.3 Å². The molecule has 6 nitrogen and oxygen atoms in total. The van der Waals surface area contributed by atoms with Gasteiger partial charge in [-0.3, -0.25) is 4.79 Å². The van der Waals surface area contributed by atoms with Gasteiger partial charge in [0, 0.05) is 37.7 Å². The Morgan fingerprint density at radius 3 is 2.58 bits per heavy atom. The van der Waals surface area contributed by atoms with Crippen LogP contribution in [0.15, 0.2) is 24.3 Å². The predicted octanol–water partition coefficient (Wildman–Crippen LogP) is 1.89. The van der Waals surface area contributed by atoms with Crippen molar-refractivity contribution in [1.29, 1.82) is 0 Å². The highest BCUT2D eigenvalue weighted by Crippen LogP contribution is 2.20. The van der Waals surface area contributed by atoms with Crippen LogP contribution in [0.4, 0.5) is 5.13 Å². The summed E-state index contributed by atoms with van der Waals surface area (Å²) < 4.78 is 4.24. The molecular weight excluding hydrogens is 322 g/mol. The van der Waals surface area contributed by atoms with Gasteiger partial charge in [-0.1, -0.05) is 29.8 Å². The number of aromatic nitrogens is 2. The number of nitrogens with two attached hydrogens (primary N) is 1. The lowest BCUT2D eigenvalue weighted by molar-refractivity contribution is -0.132. The molecule has 1 atom stereocenters. The molecule has 1 aromatic heterocycles. The van der Waals surface area contributed by atoms with Gasteiger partial charge in [-0.15, -0.1) is 0 Å². The lowest BCUT2D eigenvalue weighted by Gasteiger charge is -2.24. The minimum absolute atomic E-state index is 0.00542. The molecule has 0 bridgehead atoms. The van der Waals surface area contributed by atoms with E-state index in [-0.39, 0.29) is 5.91 Å². The number of rotatable bonds is 3. The van der Waals surface area contributed by atoms with Crippen LogP contribution in [0.1, 0.15) is 29.4 Å². The second-order valence-electron chi connectivity index (χ2n) is 6.18. The molecule has 2 heterocycles. The largest absolute Gasteiger partial charge is 0.345 e. The second kappa shape index (κ2) is 7.27. The molecule has 128 valence electrons. The molecule has 1 saturated heterocycles. The van der Waals surface area contributed by atoms with Crippen molar-refractivity contribution in [2.45, 2.75) is 26.3 Å². The van der Waals surface area contributed by atoms with E-state index in [2.05, 4.69) is 14.3 Å². The van der Waals surface area contributed by atoms with Crippen molar-refractivity contribution in [3.8, 4) is 0 Å². The first-order valence-electron chi connectivity index (χ1n) is 8.21. The minimum atomic E-state index is -0.596. The summed E-state index contributed by atoms with van der Waals surface area (Å²) in [4.78, 5) is 21.3. The monoisotopic (exact) mass is 345 g/mol. The Labute approximate surface area is 146 Å². The van der Waals surface area contributed by atoms with Crippen molar-refractivity contribution < 1.29 is 4.79 Å². The minimum Gasteiger partial charge on any atom is -0.345 e. The molecule has 0 radical (unpaired) electrons. The predicted molar refractivity (Wildman–Crippen MR) is 96.2 cm³/mol. The molecule has 0 spiro atoms. The van der Waals surface area contributed by atoms with Crippen LogP contribution in [-0.2, 0) is 4.79 Å². The molecule has 1 amide bonds. The van der Waals surface area contributed by atoms with E-state index >= 15 is 0 Å². The molecular formula is C17H23N5OS. The topological polar surface area (TPSA) is 75.4 Å². The summed E-state index contributed by atoms with van der Waals surface area (Å²) in [5.41, 5.74) is 8.22. The second-order valence-corrected chi connectivity index (χ2v) is 6.91. The summed E-state index contributed by atoms with van der Waals surface area (Å²) in [6.07, 6.45) is 0.908. The van der Waals surface area contributed by atoms with Crippen LogP contribution in [0.25, 0.3) is 0 Å². The van der Waals surface area contributed by atoms with Crippen molar-refractivity contribution in [3.05, 3.63) is 41.2 Å². The van der Waals surface area contributed by atoms with E-state index < -0.39 is 6.04 Å². The van der Waals surface area contributed by atoms with Gasteiger partial charge in [-0.2, -0.15) is 4.37 Å². The third-order valence-electron chi connectivity index (χ3n) is 4.30. The van der Waals surface area contributed by atoms with Crippen LogP contribution in [0.3, 0.4) is 0 Å². The van der Waals surface area contributed by atoms with Crippen LogP contribution in [0, 0.1) is 13.8 Å². The standard InChI is InChI=1S/C17H23N5OS/c1-12-4-6-14(7-5-12)15(18)16(23)21-8-3-9-22(11-10-21)17-19-13(2)20-24-17/h4-7,15H,3,8-11,18H2,1-2H3. The first kappa shape index (κ1) is 16.9. The molecule has 1 fully saturated rings. The number of anilines is 1. The molecule has 2 aromatic rings. The Morgan fingerprint density at radius 2 is 1.92 bits per heavy atom. The number of carbonyl (C=O) groups is 1. The highest BCUT2D eigenvalue weighted by atomic mass is 32.1. The maximum atomic E-state index is 12.7. The van der Waals surface area contributed by atoms with Gasteiger partial charge < -0.3 is 15.5 Å². The number of benzene rings is 1. The van der Waals surface area contributed by atoms with Gasteiger partial charge in [0.25, 0.3) is 0 Å². The van der Waals surface area contributed by atoms with Gasteiger partial charge in [0.15, 0.2) is 0 Å². The van der Waals surface area contributed by atoms with Gasteiger partial charge in [0.1, 0.15) is 11.9 Å². The molecule has 0 aliphatic carbocycles. The average Bonchev–Trinajstić information content (AvgIpc) is 2.87. The molecule has 1 aromatic carbocycles. The summed E-state index contributed by atoms with van der Waals surface area (Å²) >= 11 is 1.42. The highest BCUT2D eigenvalue weighted by Gasteiger charge is 2.25. The lowest BCUT2D eigenvalue weighted by atomic mass is 10.0. The summed E-state index contributed by atoms with van der Waals surface area (Å²) in [5, 5.41) is 0.935. The van der Waals surface area contributed by atoms with E-state index in [1.807, 2.05) is 43.0 Å². The molecule has 0 saturated carbocycles. The summed E-state index contributed by atoms with van der Waals surface area (Å²) in [5.74, 6) is 0.794. The Bertz CT molecular complexity index is 699. The number of amides is 1. The summed E-state index contributed by atoms with van der Waals surface area (Å²) in [6.45, 7) is 6.97. The van der Waals surface area contributed by atoms with Crippen LogP contribution < -0.4 is 10.6 Å². The molecule has 2 N–H and O–H groups in total. The van der Waals surface area contributed by atoms with Gasteiger partial charge in [0.05, 0.1) is 0 Å². The molecule has 1 aliphatic heterocycles. The van der Waals surface area contributed by atoms with Crippen molar-refractivity contribution in [2.75, 3.05) is 31.1 Å². The van der Waals surface area contributed by atoms with Gasteiger partial charge in [-0.05, 0) is 25.8 Å². The average molecular weight is 345 g/mol. The van der Waals surface area contributed by atoms with Gasteiger partial charge >= 0.3 is 0 Å². The first-order valence-corrected chi connectivity index (χ1v) is 8.98. The van der Waals surface area contributed by atoms with Crippen LogP contribution in [0.2, 0.25) is 0 Å². The zero-order valence-electron chi connectivity index (χ0n) is 14.1. The normalized spacial score (nSPS) is 16.8. The van der Waals surface area contributed by atoms with E-state index in [9.17, 15) is 4.79 Å². The van der Waals surface area contributed by atoms with E-state index in [1.54, 1.807) is 0 Å². The SMILES string of the molecule is Cc1ccc(C(N)C(=O)N2CCCN(c3nc(C)ns3)CC2)cc1. The number of carbonyl (C=O) groups excluding carboxylic acids is 1. The Morgan fingerprint density at radius 1 is 1.17 bits per heavy atom. The first-order chi connectivity index (χ1) is 11.5. The van der Waals surface area contributed by atoms with Gasteiger partial charge in [-0.25, -0.2) is 4.98 Å². The van der Waals surface area contributed by atoms with E-state index in [0.717, 1.165) is 48.1 Å². The van der Waals surface area contributed by atoms with Gasteiger partial charge in [0.2, 0.25) is 11.0 Å². The zero-order chi connectivity index (χ0) is 17.1. The number of hydrogen-bond donors (Lipinski definition) is 1. The molecule has 1 unspecified atom stereocenters. The van der Waals surface area contributed by atoms with E-state index in [1.165, 1.54) is 11.5 Å². The van der Waals surface area contributed by atoms with E-state index in [4.69, 9.17) is 5.73 Å². The number of hydrogen-bond acceptors (Lipinski definition) is 6. The third-order valence-corrected chi connectivity index (χ3v) is 5.17. The summed E-state index contributed by atoms with van der Waals surface area (Å²) in [7, 11) is 0. The molecule has 24 heavy (non-hydrogen) atoms. The highest BCUT2D eigenvalue weighted by molar-refractivity contribution is 7.09.